The summed E-state index contributed by atoms with van der Waals surface area (Å²) in [4.78, 5) is 30.3. The Morgan fingerprint density at radius 2 is 1.87 bits per heavy atom. The van der Waals surface area contributed by atoms with Crippen LogP contribution in [0, 0.1) is 11.6 Å². The van der Waals surface area contributed by atoms with Gasteiger partial charge in [-0.2, -0.15) is 5.10 Å². The molecule has 30 heavy (non-hydrogen) atoms. The van der Waals surface area contributed by atoms with Gasteiger partial charge < -0.3 is 9.72 Å². The molecule has 2 aromatic heterocycles. The summed E-state index contributed by atoms with van der Waals surface area (Å²) in [6, 6.07) is 6.35. The van der Waals surface area contributed by atoms with E-state index < -0.39 is 36.3 Å². The maximum Gasteiger partial charge on any atom is 0.414 e. The first kappa shape index (κ1) is 19.4. The van der Waals surface area contributed by atoms with E-state index in [1.807, 2.05) is 0 Å². The molecule has 4 rings (SSSR count). The number of imidazole rings is 1. The van der Waals surface area contributed by atoms with E-state index in [0.717, 1.165) is 12.1 Å². The van der Waals surface area contributed by atoms with Gasteiger partial charge in [0, 0.05) is 10.9 Å². The highest BCUT2D eigenvalue weighted by Crippen LogP contribution is 2.28. The molecule has 0 fully saturated rings. The molecule has 8 nitrogen and oxygen atoms in total. The Morgan fingerprint density at radius 1 is 1.13 bits per heavy atom. The minimum absolute atomic E-state index is 0.0474. The zero-order valence-electron chi connectivity index (χ0n) is 14.8. The van der Waals surface area contributed by atoms with E-state index in [0.29, 0.717) is 16.6 Å². The standard InChI is InChI=1S/C18H11F4N5O3/c19-10-4-8-9(5-11(10)20)16(28)27-26-15(8)7-1-2-12-13(3-7)24-17(23-12)25-18(29)30-6-14(21)22/h1-5,14H,6H2,(H,27,28)(H2,23,24,25,29). The first-order valence-electron chi connectivity index (χ1n) is 8.41. The van der Waals surface area contributed by atoms with Crippen LogP contribution in [0.5, 0.6) is 0 Å². The molecule has 0 unspecified atom stereocenters. The quantitative estimate of drug-likeness (QED) is 0.436. The second kappa shape index (κ2) is 7.46. The first-order valence-corrected chi connectivity index (χ1v) is 8.41. The number of benzene rings is 2. The van der Waals surface area contributed by atoms with Gasteiger partial charge in [0.2, 0.25) is 5.95 Å². The zero-order valence-corrected chi connectivity index (χ0v) is 14.8. The molecule has 2 heterocycles. The second-order valence-corrected chi connectivity index (χ2v) is 6.15. The number of hydrogen-bond donors (Lipinski definition) is 3. The fraction of sp³-hybridized carbons (Fsp3) is 0.111. The van der Waals surface area contributed by atoms with Crippen molar-refractivity contribution < 1.29 is 27.1 Å². The number of amides is 1. The Labute approximate surface area is 163 Å². The molecule has 0 saturated carbocycles. The van der Waals surface area contributed by atoms with Crippen LogP contribution in [0.25, 0.3) is 33.1 Å². The predicted octanol–water partition coefficient (Wildman–Crippen LogP) is 3.56. The van der Waals surface area contributed by atoms with Crippen LogP contribution in [0.1, 0.15) is 0 Å². The lowest BCUT2D eigenvalue weighted by Gasteiger charge is -2.06. The number of aromatic nitrogens is 4. The highest BCUT2D eigenvalue weighted by atomic mass is 19.3. The fourth-order valence-electron chi connectivity index (χ4n) is 2.86. The number of fused-ring (bicyclic) bond motifs is 2. The number of nitrogens with one attached hydrogen (secondary N) is 3. The van der Waals surface area contributed by atoms with Gasteiger partial charge >= 0.3 is 6.09 Å². The van der Waals surface area contributed by atoms with Gasteiger partial charge in [-0.3, -0.25) is 10.1 Å². The summed E-state index contributed by atoms with van der Waals surface area (Å²) in [5.41, 5.74) is 0.754. The molecule has 0 aliphatic heterocycles. The smallest absolute Gasteiger partial charge is 0.414 e. The molecule has 3 N–H and O–H groups in total. The Kier molecular flexibility index (Phi) is 4.82. The van der Waals surface area contributed by atoms with Gasteiger partial charge in [0.15, 0.2) is 18.2 Å². The summed E-state index contributed by atoms with van der Waals surface area (Å²) in [5, 5.41) is 8.36. The Balaban J connectivity index is 1.71. The van der Waals surface area contributed by atoms with Crippen molar-refractivity contribution in [1.82, 2.24) is 20.2 Å². The number of carbonyl (C=O) groups excluding carboxylic acids is 1. The topological polar surface area (TPSA) is 113 Å². The molecule has 0 radical (unpaired) electrons. The van der Waals surface area contributed by atoms with Crippen molar-refractivity contribution in [3.05, 3.63) is 52.3 Å². The first-order chi connectivity index (χ1) is 14.3. The molecule has 0 saturated heterocycles. The molecule has 0 atom stereocenters. The van der Waals surface area contributed by atoms with Crippen LogP contribution >= 0.6 is 0 Å². The lowest BCUT2D eigenvalue weighted by Crippen LogP contribution is -2.18. The number of anilines is 1. The van der Waals surface area contributed by atoms with Crippen molar-refractivity contribution in [1.29, 1.82) is 0 Å². The monoisotopic (exact) mass is 421 g/mol. The van der Waals surface area contributed by atoms with Crippen LogP contribution in [0.4, 0.5) is 28.3 Å². The van der Waals surface area contributed by atoms with Crippen LogP contribution in [0.15, 0.2) is 35.1 Å². The number of halogens is 4. The number of alkyl halides is 2. The lowest BCUT2D eigenvalue weighted by molar-refractivity contribution is 0.0547. The van der Waals surface area contributed by atoms with E-state index in [9.17, 15) is 27.2 Å². The normalized spacial score (nSPS) is 11.4. The van der Waals surface area contributed by atoms with E-state index in [-0.39, 0.29) is 22.4 Å². The van der Waals surface area contributed by atoms with Gasteiger partial charge in [0.1, 0.15) is 0 Å². The third-order valence-electron chi connectivity index (χ3n) is 4.15. The van der Waals surface area contributed by atoms with Gasteiger partial charge in [-0.25, -0.2) is 32.4 Å². The third kappa shape index (κ3) is 3.66. The SMILES string of the molecule is O=C(Nc1nc2cc(-c3n[nH]c(=O)c4cc(F)c(F)cc34)ccc2[nH]1)OCC(F)F. The molecule has 0 aliphatic carbocycles. The van der Waals surface area contributed by atoms with Gasteiger partial charge in [0.05, 0.1) is 22.1 Å². The summed E-state index contributed by atoms with van der Waals surface area (Å²) in [6.45, 7) is -1.06. The van der Waals surface area contributed by atoms with Crippen molar-refractivity contribution in [2.45, 2.75) is 6.43 Å². The molecule has 12 heteroatoms. The molecular weight excluding hydrogens is 410 g/mol. The number of carbonyl (C=O) groups is 1. The maximum absolute atomic E-state index is 13.7. The van der Waals surface area contributed by atoms with Crippen LogP contribution in [-0.4, -0.2) is 39.3 Å². The van der Waals surface area contributed by atoms with Crippen molar-refractivity contribution in [2.75, 3.05) is 11.9 Å². The Hall–Kier alpha value is -3.96. The van der Waals surface area contributed by atoms with Crippen LogP contribution in [0.3, 0.4) is 0 Å². The summed E-state index contributed by atoms with van der Waals surface area (Å²) in [5.74, 6) is -2.35. The Morgan fingerprint density at radius 3 is 2.60 bits per heavy atom. The molecule has 1 amide bonds. The van der Waals surface area contributed by atoms with E-state index in [1.165, 1.54) is 6.07 Å². The maximum atomic E-state index is 13.7. The van der Waals surface area contributed by atoms with Crippen LogP contribution < -0.4 is 10.9 Å². The van der Waals surface area contributed by atoms with Gasteiger partial charge in [-0.05, 0) is 24.3 Å². The average molecular weight is 421 g/mol. The number of nitrogens with zero attached hydrogens (tertiary/aromatic N) is 2. The van der Waals surface area contributed by atoms with Gasteiger partial charge in [-0.15, -0.1) is 0 Å². The largest absolute Gasteiger partial charge is 0.443 e. The number of hydrogen-bond acceptors (Lipinski definition) is 5. The van der Waals surface area contributed by atoms with E-state index in [4.69, 9.17) is 0 Å². The second-order valence-electron chi connectivity index (χ2n) is 6.15. The average Bonchev–Trinajstić information content (AvgIpc) is 3.09. The summed E-state index contributed by atoms with van der Waals surface area (Å²) >= 11 is 0. The summed E-state index contributed by atoms with van der Waals surface area (Å²) in [6.07, 6.45) is -3.91. The van der Waals surface area contributed by atoms with Crippen molar-refractivity contribution in [3.63, 3.8) is 0 Å². The third-order valence-corrected chi connectivity index (χ3v) is 4.15. The van der Waals surface area contributed by atoms with Crippen molar-refractivity contribution in [3.8, 4) is 11.3 Å². The van der Waals surface area contributed by atoms with Gasteiger partial charge in [0.25, 0.3) is 12.0 Å². The van der Waals surface area contributed by atoms with Crippen LogP contribution in [-0.2, 0) is 4.74 Å². The highest BCUT2D eigenvalue weighted by molar-refractivity contribution is 5.96. The number of aromatic amines is 2. The van der Waals surface area contributed by atoms with Crippen molar-refractivity contribution in [2.24, 2.45) is 0 Å². The zero-order chi connectivity index (χ0) is 21.4. The fourth-order valence-corrected chi connectivity index (χ4v) is 2.86. The van der Waals surface area contributed by atoms with E-state index in [2.05, 4.69) is 30.2 Å². The molecule has 0 bridgehead atoms. The molecule has 4 aromatic rings. The molecule has 2 aromatic carbocycles. The van der Waals surface area contributed by atoms with Gasteiger partial charge in [-0.1, -0.05) is 6.07 Å². The molecular formula is C18H11F4N5O3. The lowest BCUT2D eigenvalue weighted by atomic mass is 10.0. The predicted molar refractivity (Wildman–Crippen MR) is 98.3 cm³/mol. The number of rotatable bonds is 4. The highest BCUT2D eigenvalue weighted by Gasteiger charge is 2.15. The minimum atomic E-state index is -2.80. The number of ether oxygens (including phenoxy) is 1. The molecule has 0 aliphatic rings. The van der Waals surface area contributed by atoms with Crippen molar-refractivity contribution >= 4 is 33.8 Å². The summed E-state index contributed by atoms with van der Waals surface area (Å²) < 4.78 is 55.7. The molecule has 0 spiro atoms. The Bertz CT molecular complexity index is 1330. The van der Waals surface area contributed by atoms with E-state index in [1.54, 1.807) is 12.1 Å². The van der Waals surface area contributed by atoms with E-state index >= 15 is 0 Å². The number of H-pyrrole nitrogens is 2. The van der Waals surface area contributed by atoms with Crippen LogP contribution in [0.2, 0.25) is 0 Å². The molecule has 154 valence electrons. The minimum Gasteiger partial charge on any atom is -0.443 e. The summed E-state index contributed by atoms with van der Waals surface area (Å²) in [7, 11) is 0.